The maximum atomic E-state index is 12.1. The maximum Gasteiger partial charge on any atom is 0.140 e. The van der Waals surface area contributed by atoms with Crippen molar-refractivity contribution in [1.82, 2.24) is 0 Å². The number of Topliss-reactive ketones (excluding diaryl/α,β-unsaturated/α-hetero) is 1. The van der Waals surface area contributed by atoms with Gasteiger partial charge < -0.3 is 0 Å². The number of fused-ring (bicyclic) bond motifs is 1. The van der Waals surface area contributed by atoms with Crippen LogP contribution < -0.4 is 0 Å². The molecule has 1 aliphatic carbocycles. The molecule has 1 atom stereocenters. The van der Waals surface area contributed by atoms with Gasteiger partial charge in [-0.05, 0) is 41.9 Å². The van der Waals surface area contributed by atoms with Gasteiger partial charge in [0.15, 0.2) is 0 Å². The van der Waals surface area contributed by atoms with Crippen molar-refractivity contribution in [2.75, 3.05) is 0 Å². The minimum atomic E-state index is 0.170. The van der Waals surface area contributed by atoms with Gasteiger partial charge in [-0.2, -0.15) is 0 Å². The molecule has 0 N–H and O–H groups in total. The smallest absolute Gasteiger partial charge is 0.140 e. The quantitative estimate of drug-likeness (QED) is 0.772. The molecule has 17 heavy (non-hydrogen) atoms. The molecule has 2 rings (SSSR count). The van der Waals surface area contributed by atoms with E-state index in [0.717, 1.165) is 0 Å². The lowest BCUT2D eigenvalue weighted by molar-refractivity contribution is -0.122. The molecule has 1 aromatic carbocycles. The van der Waals surface area contributed by atoms with E-state index < -0.39 is 0 Å². The van der Waals surface area contributed by atoms with E-state index in [0.29, 0.717) is 18.1 Å². The van der Waals surface area contributed by atoms with Gasteiger partial charge in [0.25, 0.3) is 0 Å². The van der Waals surface area contributed by atoms with Crippen LogP contribution in [0.5, 0.6) is 0 Å². The fourth-order valence-corrected chi connectivity index (χ4v) is 2.47. The molecule has 0 bridgehead atoms. The average Bonchev–Trinajstić information content (AvgIpc) is 2.74. The van der Waals surface area contributed by atoms with Crippen molar-refractivity contribution >= 4 is 5.78 Å². The SMILES string of the molecule is CC(C)C(C)C(=O)Cc1ccc2c(c1)CCC2. The fraction of sp³-hybridized carbons (Fsp3) is 0.562. The van der Waals surface area contributed by atoms with E-state index in [2.05, 4.69) is 32.0 Å². The predicted molar refractivity (Wildman–Crippen MR) is 71.2 cm³/mol. The molecule has 92 valence electrons. The molecule has 0 saturated carbocycles. The summed E-state index contributed by atoms with van der Waals surface area (Å²) in [6.07, 6.45) is 4.28. The summed E-state index contributed by atoms with van der Waals surface area (Å²) >= 11 is 0. The highest BCUT2D eigenvalue weighted by Gasteiger charge is 2.18. The van der Waals surface area contributed by atoms with E-state index in [1.807, 2.05) is 6.92 Å². The van der Waals surface area contributed by atoms with Crippen LogP contribution in [-0.4, -0.2) is 5.78 Å². The van der Waals surface area contributed by atoms with Crippen LogP contribution >= 0.6 is 0 Å². The van der Waals surface area contributed by atoms with Gasteiger partial charge in [0.1, 0.15) is 5.78 Å². The first kappa shape index (κ1) is 12.3. The Hall–Kier alpha value is -1.11. The van der Waals surface area contributed by atoms with Gasteiger partial charge in [-0.25, -0.2) is 0 Å². The van der Waals surface area contributed by atoms with Crippen LogP contribution in [0.4, 0.5) is 0 Å². The highest BCUT2D eigenvalue weighted by Crippen LogP contribution is 2.23. The van der Waals surface area contributed by atoms with Crippen LogP contribution in [0, 0.1) is 11.8 Å². The summed E-state index contributed by atoms with van der Waals surface area (Å²) in [4.78, 5) is 12.1. The minimum Gasteiger partial charge on any atom is -0.299 e. The number of carbonyl (C=O) groups is 1. The van der Waals surface area contributed by atoms with E-state index >= 15 is 0 Å². The van der Waals surface area contributed by atoms with E-state index in [-0.39, 0.29) is 5.92 Å². The van der Waals surface area contributed by atoms with Crippen LogP contribution in [0.15, 0.2) is 18.2 Å². The Morgan fingerprint density at radius 1 is 1.18 bits per heavy atom. The number of carbonyl (C=O) groups excluding carboxylic acids is 1. The van der Waals surface area contributed by atoms with Crippen LogP contribution in [-0.2, 0) is 24.1 Å². The van der Waals surface area contributed by atoms with E-state index in [1.165, 1.54) is 36.0 Å². The topological polar surface area (TPSA) is 17.1 Å². The Kier molecular flexibility index (Phi) is 3.66. The van der Waals surface area contributed by atoms with Crippen molar-refractivity contribution in [3.05, 3.63) is 34.9 Å². The van der Waals surface area contributed by atoms with Gasteiger partial charge in [-0.3, -0.25) is 4.79 Å². The zero-order chi connectivity index (χ0) is 12.4. The molecule has 0 amide bonds. The van der Waals surface area contributed by atoms with Gasteiger partial charge in [0.05, 0.1) is 0 Å². The summed E-state index contributed by atoms with van der Waals surface area (Å²) in [5.74, 6) is 0.984. The Balaban J connectivity index is 2.07. The zero-order valence-electron chi connectivity index (χ0n) is 11.1. The van der Waals surface area contributed by atoms with Crippen molar-refractivity contribution in [2.45, 2.75) is 46.5 Å². The second-order valence-corrected chi connectivity index (χ2v) is 5.63. The number of aryl methyl sites for hydroxylation is 2. The maximum absolute atomic E-state index is 12.1. The first-order chi connectivity index (χ1) is 8.08. The third kappa shape index (κ3) is 2.77. The lowest BCUT2D eigenvalue weighted by atomic mass is 9.89. The Morgan fingerprint density at radius 2 is 1.88 bits per heavy atom. The Labute approximate surface area is 104 Å². The number of ketones is 1. The van der Waals surface area contributed by atoms with Crippen LogP contribution in [0.3, 0.4) is 0 Å². The average molecular weight is 230 g/mol. The van der Waals surface area contributed by atoms with E-state index in [1.54, 1.807) is 0 Å². The first-order valence-electron chi connectivity index (χ1n) is 6.71. The second kappa shape index (κ2) is 5.03. The van der Waals surface area contributed by atoms with Gasteiger partial charge in [-0.15, -0.1) is 0 Å². The van der Waals surface area contributed by atoms with E-state index in [9.17, 15) is 4.79 Å². The molecular formula is C16H22O. The number of hydrogen-bond donors (Lipinski definition) is 0. The third-order valence-electron chi connectivity index (χ3n) is 4.05. The van der Waals surface area contributed by atoms with Gasteiger partial charge in [0, 0.05) is 12.3 Å². The largest absolute Gasteiger partial charge is 0.299 e. The van der Waals surface area contributed by atoms with Crippen molar-refractivity contribution in [3.8, 4) is 0 Å². The van der Waals surface area contributed by atoms with Gasteiger partial charge in [0.2, 0.25) is 0 Å². The molecule has 1 aliphatic rings. The van der Waals surface area contributed by atoms with Crippen LogP contribution in [0.2, 0.25) is 0 Å². The van der Waals surface area contributed by atoms with Gasteiger partial charge in [-0.1, -0.05) is 39.0 Å². The van der Waals surface area contributed by atoms with Crippen LogP contribution in [0.1, 0.15) is 43.9 Å². The summed E-state index contributed by atoms with van der Waals surface area (Å²) in [5.41, 5.74) is 4.15. The molecular weight excluding hydrogens is 208 g/mol. The molecule has 0 heterocycles. The van der Waals surface area contributed by atoms with Crippen LogP contribution in [0.25, 0.3) is 0 Å². The van der Waals surface area contributed by atoms with Crippen molar-refractivity contribution < 1.29 is 4.79 Å². The number of rotatable bonds is 4. The monoisotopic (exact) mass is 230 g/mol. The Morgan fingerprint density at radius 3 is 2.59 bits per heavy atom. The first-order valence-corrected chi connectivity index (χ1v) is 6.71. The third-order valence-corrected chi connectivity index (χ3v) is 4.05. The van der Waals surface area contributed by atoms with Crippen molar-refractivity contribution in [3.63, 3.8) is 0 Å². The standard InChI is InChI=1S/C16H22O/c1-11(2)12(3)16(17)10-13-7-8-14-5-4-6-15(14)9-13/h7-9,11-12H,4-6,10H2,1-3H3. The van der Waals surface area contributed by atoms with Gasteiger partial charge >= 0.3 is 0 Å². The summed E-state index contributed by atoms with van der Waals surface area (Å²) in [6.45, 7) is 6.27. The molecule has 0 radical (unpaired) electrons. The van der Waals surface area contributed by atoms with E-state index in [4.69, 9.17) is 0 Å². The predicted octanol–water partition coefficient (Wildman–Crippen LogP) is 3.58. The molecule has 0 aliphatic heterocycles. The molecule has 1 heteroatoms. The molecule has 0 fully saturated rings. The number of hydrogen-bond acceptors (Lipinski definition) is 1. The highest BCUT2D eigenvalue weighted by atomic mass is 16.1. The number of benzene rings is 1. The molecule has 0 aromatic heterocycles. The van der Waals surface area contributed by atoms with Crippen molar-refractivity contribution in [1.29, 1.82) is 0 Å². The summed E-state index contributed by atoms with van der Waals surface area (Å²) in [6, 6.07) is 6.59. The van der Waals surface area contributed by atoms with Crippen molar-refractivity contribution in [2.24, 2.45) is 11.8 Å². The molecule has 1 aromatic rings. The Bertz CT molecular complexity index is 418. The lowest BCUT2D eigenvalue weighted by Gasteiger charge is -2.14. The second-order valence-electron chi connectivity index (χ2n) is 5.63. The molecule has 1 unspecified atom stereocenters. The summed E-state index contributed by atoms with van der Waals surface area (Å²) in [5, 5.41) is 0. The normalized spacial score (nSPS) is 16.0. The lowest BCUT2D eigenvalue weighted by Crippen LogP contribution is -2.18. The zero-order valence-corrected chi connectivity index (χ0v) is 11.1. The summed E-state index contributed by atoms with van der Waals surface area (Å²) < 4.78 is 0. The fourth-order valence-electron chi connectivity index (χ4n) is 2.47. The minimum absolute atomic E-state index is 0.170. The molecule has 0 spiro atoms. The highest BCUT2D eigenvalue weighted by molar-refractivity contribution is 5.83. The molecule has 0 saturated heterocycles. The molecule has 1 nitrogen and oxygen atoms in total. The summed E-state index contributed by atoms with van der Waals surface area (Å²) in [7, 11) is 0.